The zero-order valence-corrected chi connectivity index (χ0v) is 14.4. The Bertz CT molecular complexity index is 795. The number of aromatic nitrogens is 3. The van der Waals surface area contributed by atoms with Crippen LogP contribution in [0, 0.1) is 5.92 Å². The second kappa shape index (κ2) is 6.97. The first-order valence-electron chi connectivity index (χ1n) is 7.24. The first kappa shape index (κ1) is 15.8. The summed E-state index contributed by atoms with van der Waals surface area (Å²) in [4.78, 5) is 27.6. The van der Waals surface area contributed by atoms with E-state index in [9.17, 15) is 4.79 Å². The highest BCUT2D eigenvalue weighted by Crippen LogP contribution is 2.28. The molecule has 5 nitrogen and oxygen atoms in total. The largest absolute Gasteiger partial charge is 0.297 e. The quantitative estimate of drug-likeness (QED) is 0.756. The van der Waals surface area contributed by atoms with Crippen LogP contribution in [0.1, 0.15) is 28.4 Å². The summed E-state index contributed by atoms with van der Waals surface area (Å²) in [6, 6.07) is 3.89. The van der Waals surface area contributed by atoms with Crippen LogP contribution >= 0.6 is 22.7 Å². The highest BCUT2D eigenvalue weighted by molar-refractivity contribution is 7.19. The molecule has 23 heavy (non-hydrogen) atoms. The van der Waals surface area contributed by atoms with Crippen molar-refractivity contribution in [1.29, 1.82) is 0 Å². The molecule has 0 bridgehead atoms. The molecule has 0 aliphatic rings. The summed E-state index contributed by atoms with van der Waals surface area (Å²) in [6.07, 6.45) is 7.62. The minimum Gasteiger partial charge on any atom is -0.297 e. The third-order valence-corrected chi connectivity index (χ3v) is 5.08. The van der Waals surface area contributed by atoms with E-state index >= 15 is 0 Å². The highest BCUT2D eigenvalue weighted by atomic mass is 32.1. The molecule has 0 aromatic carbocycles. The number of thiophene rings is 1. The van der Waals surface area contributed by atoms with Gasteiger partial charge in [0.15, 0.2) is 5.13 Å². The van der Waals surface area contributed by atoms with E-state index in [4.69, 9.17) is 0 Å². The van der Waals surface area contributed by atoms with Crippen molar-refractivity contribution in [3.8, 4) is 10.6 Å². The number of hydrogen-bond donors (Lipinski definition) is 1. The molecule has 1 N–H and O–H groups in total. The first-order chi connectivity index (χ1) is 11.1. The van der Waals surface area contributed by atoms with Crippen molar-refractivity contribution in [1.82, 2.24) is 15.0 Å². The van der Waals surface area contributed by atoms with Crippen molar-refractivity contribution in [2.24, 2.45) is 5.92 Å². The molecule has 3 aromatic rings. The van der Waals surface area contributed by atoms with Gasteiger partial charge in [0, 0.05) is 23.5 Å². The monoisotopic (exact) mass is 344 g/mol. The Morgan fingerprint density at radius 3 is 2.78 bits per heavy atom. The van der Waals surface area contributed by atoms with Gasteiger partial charge in [-0.15, -0.1) is 11.3 Å². The summed E-state index contributed by atoms with van der Waals surface area (Å²) in [5.74, 6) is 0.461. The Kier molecular flexibility index (Phi) is 4.78. The first-order valence-corrected chi connectivity index (χ1v) is 8.87. The van der Waals surface area contributed by atoms with Crippen molar-refractivity contribution in [2.75, 3.05) is 5.32 Å². The normalized spacial score (nSPS) is 10.9. The molecule has 3 rings (SSSR count). The molecule has 3 heterocycles. The molecule has 7 heteroatoms. The van der Waals surface area contributed by atoms with Crippen molar-refractivity contribution in [3.63, 3.8) is 0 Å². The maximum Gasteiger partial charge on any atom is 0.267 e. The summed E-state index contributed by atoms with van der Waals surface area (Å²) in [6.45, 7) is 4.34. The lowest BCUT2D eigenvalue weighted by Gasteiger charge is -2.00. The fraction of sp³-hybridized carbons (Fsp3) is 0.250. The molecule has 0 atom stereocenters. The second-order valence-electron chi connectivity index (χ2n) is 5.44. The number of nitrogens with zero attached hydrogens (tertiary/aromatic N) is 3. The van der Waals surface area contributed by atoms with Gasteiger partial charge in [-0.2, -0.15) is 0 Å². The molecule has 0 saturated carbocycles. The van der Waals surface area contributed by atoms with E-state index in [0.717, 1.165) is 17.0 Å². The predicted molar refractivity (Wildman–Crippen MR) is 94.0 cm³/mol. The molecule has 0 radical (unpaired) electrons. The van der Waals surface area contributed by atoms with Gasteiger partial charge in [0.25, 0.3) is 5.91 Å². The smallest absolute Gasteiger partial charge is 0.267 e. The molecule has 0 aliphatic heterocycles. The minimum absolute atomic E-state index is 0.120. The van der Waals surface area contributed by atoms with E-state index in [0.29, 0.717) is 15.9 Å². The molecule has 0 unspecified atom stereocenters. The zero-order chi connectivity index (χ0) is 16.2. The number of carbonyl (C=O) groups excluding carboxylic acids is 1. The van der Waals surface area contributed by atoms with Gasteiger partial charge in [0.05, 0.1) is 16.0 Å². The Morgan fingerprint density at radius 2 is 2.04 bits per heavy atom. The fourth-order valence-corrected chi connectivity index (χ4v) is 3.94. The molecular weight excluding hydrogens is 328 g/mol. The van der Waals surface area contributed by atoms with E-state index in [1.165, 1.54) is 27.6 Å². The van der Waals surface area contributed by atoms with E-state index < -0.39 is 0 Å². The number of carbonyl (C=O) groups is 1. The van der Waals surface area contributed by atoms with Gasteiger partial charge in [-0.25, -0.2) is 4.98 Å². The third-order valence-electron chi connectivity index (χ3n) is 3.04. The minimum atomic E-state index is -0.120. The van der Waals surface area contributed by atoms with E-state index in [1.807, 2.05) is 12.1 Å². The molecule has 0 aliphatic carbocycles. The summed E-state index contributed by atoms with van der Waals surface area (Å²) >= 11 is 2.92. The summed E-state index contributed by atoms with van der Waals surface area (Å²) < 4.78 is 0. The average molecular weight is 344 g/mol. The fourth-order valence-electron chi connectivity index (χ4n) is 2.05. The topological polar surface area (TPSA) is 67.8 Å². The van der Waals surface area contributed by atoms with E-state index in [1.54, 1.807) is 24.8 Å². The third kappa shape index (κ3) is 4.00. The zero-order valence-electron chi connectivity index (χ0n) is 12.8. The standard InChI is InChI=1S/C16H16N4OS2/c1-10(2)7-11-3-4-13(22-11)15(21)20-16-19-9-14(23-16)12-8-17-5-6-18-12/h3-6,8-10H,7H2,1-2H3,(H,19,20,21). The number of nitrogens with one attached hydrogen (secondary N) is 1. The molecule has 118 valence electrons. The number of hydrogen-bond acceptors (Lipinski definition) is 6. The van der Waals surface area contributed by atoms with Crippen LogP contribution in [0.3, 0.4) is 0 Å². The van der Waals surface area contributed by atoms with Gasteiger partial charge >= 0.3 is 0 Å². The highest BCUT2D eigenvalue weighted by Gasteiger charge is 2.13. The lowest BCUT2D eigenvalue weighted by Crippen LogP contribution is -2.09. The number of rotatable bonds is 5. The van der Waals surface area contributed by atoms with E-state index in [2.05, 4.69) is 34.1 Å². The summed E-state index contributed by atoms with van der Waals surface area (Å²) in [7, 11) is 0. The molecule has 0 fully saturated rings. The summed E-state index contributed by atoms with van der Waals surface area (Å²) in [5, 5.41) is 3.41. The number of anilines is 1. The van der Waals surface area contributed by atoms with Crippen LogP contribution in [0.4, 0.5) is 5.13 Å². The number of amides is 1. The SMILES string of the molecule is CC(C)Cc1ccc(C(=O)Nc2ncc(-c3cnccn3)s2)s1. The van der Waals surface area contributed by atoms with Crippen LogP contribution in [0.15, 0.2) is 36.9 Å². The lowest BCUT2D eigenvalue weighted by molar-refractivity contribution is 0.103. The molecule has 0 saturated heterocycles. The molecule has 3 aromatic heterocycles. The average Bonchev–Trinajstić information content (AvgIpc) is 3.17. The van der Waals surface area contributed by atoms with Crippen LogP contribution < -0.4 is 5.32 Å². The Hall–Kier alpha value is -2.12. The van der Waals surface area contributed by atoms with Crippen molar-refractivity contribution in [3.05, 3.63) is 46.7 Å². The van der Waals surface area contributed by atoms with Crippen LogP contribution in [0.5, 0.6) is 0 Å². The van der Waals surface area contributed by atoms with Crippen LogP contribution in [0.25, 0.3) is 10.6 Å². The van der Waals surface area contributed by atoms with Crippen molar-refractivity contribution in [2.45, 2.75) is 20.3 Å². The summed E-state index contributed by atoms with van der Waals surface area (Å²) in [5.41, 5.74) is 0.751. The van der Waals surface area contributed by atoms with Crippen LogP contribution in [-0.4, -0.2) is 20.9 Å². The Labute approximate surface area is 142 Å². The van der Waals surface area contributed by atoms with Crippen LogP contribution in [-0.2, 0) is 6.42 Å². The maximum absolute atomic E-state index is 12.3. The van der Waals surface area contributed by atoms with Crippen molar-refractivity contribution < 1.29 is 4.79 Å². The second-order valence-corrected chi connectivity index (χ2v) is 7.64. The Morgan fingerprint density at radius 1 is 1.17 bits per heavy atom. The Balaban J connectivity index is 1.69. The van der Waals surface area contributed by atoms with Gasteiger partial charge in [-0.1, -0.05) is 25.2 Å². The lowest BCUT2D eigenvalue weighted by atomic mass is 10.1. The number of thiazole rings is 1. The van der Waals surface area contributed by atoms with Gasteiger partial charge in [0.2, 0.25) is 0 Å². The van der Waals surface area contributed by atoms with Crippen LogP contribution in [0.2, 0.25) is 0 Å². The molecular formula is C16H16N4OS2. The van der Waals surface area contributed by atoms with Gasteiger partial charge in [-0.05, 0) is 24.5 Å². The van der Waals surface area contributed by atoms with Gasteiger partial charge in [-0.3, -0.25) is 20.1 Å². The van der Waals surface area contributed by atoms with E-state index in [-0.39, 0.29) is 5.91 Å². The van der Waals surface area contributed by atoms with Gasteiger partial charge < -0.3 is 0 Å². The van der Waals surface area contributed by atoms with Crippen molar-refractivity contribution >= 4 is 33.7 Å². The predicted octanol–water partition coefficient (Wildman–Crippen LogP) is 4.11. The van der Waals surface area contributed by atoms with Gasteiger partial charge in [0.1, 0.15) is 5.69 Å². The molecule has 0 spiro atoms. The maximum atomic E-state index is 12.3. The molecule has 1 amide bonds.